The Labute approximate surface area is 67.4 Å². The van der Waals surface area contributed by atoms with Gasteiger partial charge in [0.05, 0.1) is 6.54 Å². The molecule has 1 aliphatic heterocycles. The molecule has 7 heteroatoms. The fourth-order valence-electron chi connectivity index (χ4n) is 0.482. The smallest absolute Gasteiger partial charge is 0.418 e. The van der Waals surface area contributed by atoms with Gasteiger partial charge in [-0.25, -0.2) is 5.84 Å². The number of halogens is 4. The highest BCUT2D eigenvalue weighted by Crippen LogP contribution is 2.06. The van der Waals surface area contributed by atoms with Crippen LogP contribution >= 0.6 is 0 Å². The molecule has 70 valence electrons. The van der Waals surface area contributed by atoms with Crippen LogP contribution < -0.4 is 5.84 Å². The van der Waals surface area contributed by atoms with Gasteiger partial charge in [0.2, 0.25) is 0 Å². The summed E-state index contributed by atoms with van der Waals surface area (Å²) < 4.78 is 39.0. The van der Waals surface area contributed by atoms with Gasteiger partial charge in [-0.15, -0.1) is 0 Å². The fourth-order valence-corrected chi connectivity index (χ4v) is 0.482. The van der Waals surface area contributed by atoms with Crippen molar-refractivity contribution in [2.24, 2.45) is 5.84 Å². The first-order valence-electron chi connectivity index (χ1n) is 3.11. The van der Waals surface area contributed by atoms with Crippen molar-refractivity contribution < 1.29 is 17.3 Å². The van der Waals surface area contributed by atoms with E-state index < -0.39 is 7.25 Å². The summed E-state index contributed by atoms with van der Waals surface area (Å²) in [6.45, 7) is 0.830. The molecule has 0 aromatic rings. The second-order valence-electron chi connectivity index (χ2n) is 1.96. The zero-order chi connectivity index (χ0) is 9.61. The third-order valence-corrected chi connectivity index (χ3v) is 0.841. The van der Waals surface area contributed by atoms with E-state index >= 15 is 0 Å². The minimum atomic E-state index is -6.00. The summed E-state index contributed by atoms with van der Waals surface area (Å²) in [4.78, 5) is 0. The molecule has 1 heterocycles. The first-order valence-corrected chi connectivity index (χ1v) is 3.11. The van der Waals surface area contributed by atoms with Gasteiger partial charge in [-0.1, -0.05) is 12.2 Å². The fraction of sp³-hybridized carbons (Fsp3) is 0.200. The van der Waals surface area contributed by atoms with E-state index in [1.807, 2.05) is 24.4 Å². The third-order valence-electron chi connectivity index (χ3n) is 0.841. The van der Waals surface area contributed by atoms with Crippen molar-refractivity contribution >= 4 is 7.25 Å². The first-order chi connectivity index (χ1) is 5.39. The summed E-state index contributed by atoms with van der Waals surface area (Å²) in [5.41, 5.74) is 0. The Kier molecular flexibility index (Phi) is 4.42. The molecule has 12 heavy (non-hydrogen) atoms. The van der Waals surface area contributed by atoms with Gasteiger partial charge < -0.3 is 22.3 Å². The molecule has 0 atom stereocenters. The van der Waals surface area contributed by atoms with Crippen molar-refractivity contribution in [1.82, 2.24) is 5.01 Å². The second kappa shape index (κ2) is 4.81. The number of rotatable bonds is 0. The summed E-state index contributed by atoms with van der Waals surface area (Å²) >= 11 is 0. The van der Waals surface area contributed by atoms with E-state index in [4.69, 9.17) is 5.84 Å². The van der Waals surface area contributed by atoms with E-state index in [-0.39, 0.29) is 0 Å². The number of allylic oxidation sites excluding steroid dienone is 2. The molecule has 0 aliphatic carbocycles. The standard InChI is InChI=1S/C5H8N2.BF4/c6-7-4-2-1-3-5-7;2-1(3,4)5/h1-4H,5-6H2;/q;-1. The van der Waals surface area contributed by atoms with Crippen LogP contribution in [0.2, 0.25) is 0 Å². The Morgan fingerprint density at radius 1 is 1.17 bits per heavy atom. The van der Waals surface area contributed by atoms with Crippen molar-refractivity contribution in [1.29, 1.82) is 0 Å². The van der Waals surface area contributed by atoms with Crippen LogP contribution in [0.4, 0.5) is 17.3 Å². The van der Waals surface area contributed by atoms with E-state index in [1.54, 1.807) is 5.01 Å². The normalized spacial score (nSPS) is 15.6. The topological polar surface area (TPSA) is 29.3 Å². The Hall–Kier alpha value is -0.975. The van der Waals surface area contributed by atoms with Gasteiger partial charge >= 0.3 is 7.25 Å². The second-order valence-corrected chi connectivity index (χ2v) is 1.96. The van der Waals surface area contributed by atoms with Crippen molar-refractivity contribution in [3.8, 4) is 0 Å². The van der Waals surface area contributed by atoms with Gasteiger partial charge in [0, 0.05) is 6.20 Å². The lowest BCUT2D eigenvalue weighted by atomic mass is 10.3. The Morgan fingerprint density at radius 3 is 1.83 bits per heavy atom. The molecule has 1 aliphatic rings. The van der Waals surface area contributed by atoms with Gasteiger partial charge in [0.15, 0.2) is 0 Å². The molecular weight excluding hydrogens is 175 g/mol. The molecule has 0 spiro atoms. The molecule has 2 nitrogen and oxygen atoms in total. The first kappa shape index (κ1) is 11.0. The zero-order valence-corrected chi connectivity index (χ0v) is 6.13. The predicted molar refractivity (Wildman–Crippen MR) is 39.4 cm³/mol. The quantitative estimate of drug-likeness (QED) is 0.350. The maximum atomic E-state index is 9.75. The molecule has 0 bridgehead atoms. The molecule has 1 rings (SSSR count). The van der Waals surface area contributed by atoms with E-state index in [0.717, 1.165) is 6.54 Å². The van der Waals surface area contributed by atoms with Crippen LogP contribution in [0.3, 0.4) is 0 Å². The molecule has 0 unspecified atom stereocenters. The summed E-state index contributed by atoms with van der Waals surface area (Å²) in [5.74, 6) is 5.33. The highest BCUT2D eigenvalue weighted by Gasteiger charge is 2.20. The minimum absolute atomic E-state index is 0.830. The Balaban J connectivity index is 0.000000217. The highest BCUT2D eigenvalue weighted by molar-refractivity contribution is 6.50. The summed E-state index contributed by atoms with van der Waals surface area (Å²) in [5, 5.41) is 1.62. The maximum absolute atomic E-state index is 9.75. The molecule has 0 saturated carbocycles. The minimum Gasteiger partial charge on any atom is -0.418 e. The molecule has 0 saturated heterocycles. The van der Waals surface area contributed by atoms with Crippen LogP contribution in [0.15, 0.2) is 24.4 Å². The number of hydrogen-bond acceptors (Lipinski definition) is 2. The Bertz CT molecular complexity index is 171. The highest BCUT2D eigenvalue weighted by atomic mass is 19.5. The molecule has 0 amide bonds. The SMILES string of the molecule is F[B-](F)(F)F.NN1C=CC=CC1. The van der Waals surface area contributed by atoms with Crippen LogP contribution in [0.5, 0.6) is 0 Å². The predicted octanol–water partition coefficient (Wildman–Crippen LogP) is 1.55. The van der Waals surface area contributed by atoms with Crippen molar-refractivity contribution in [3.05, 3.63) is 24.4 Å². The monoisotopic (exact) mass is 183 g/mol. The van der Waals surface area contributed by atoms with Crippen LogP contribution in [0, 0.1) is 0 Å². The third kappa shape index (κ3) is 11.8. The lowest BCUT2D eigenvalue weighted by Gasteiger charge is -2.11. The van der Waals surface area contributed by atoms with Crippen LogP contribution in [-0.4, -0.2) is 18.8 Å². The van der Waals surface area contributed by atoms with Gasteiger partial charge in [0.25, 0.3) is 0 Å². The van der Waals surface area contributed by atoms with E-state index in [9.17, 15) is 17.3 Å². The van der Waals surface area contributed by atoms with Crippen molar-refractivity contribution in [2.75, 3.05) is 6.54 Å². The summed E-state index contributed by atoms with van der Waals surface area (Å²) in [6.07, 6.45) is 7.72. The Morgan fingerprint density at radius 2 is 1.67 bits per heavy atom. The zero-order valence-electron chi connectivity index (χ0n) is 6.13. The van der Waals surface area contributed by atoms with Gasteiger partial charge in [-0.05, 0) is 6.08 Å². The molecular formula is C5H8BF4N2-. The molecule has 0 aromatic heterocycles. The van der Waals surface area contributed by atoms with Crippen LogP contribution in [-0.2, 0) is 0 Å². The van der Waals surface area contributed by atoms with E-state index in [1.165, 1.54) is 0 Å². The summed E-state index contributed by atoms with van der Waals surface area (Å²) in [7, 11) is -6.00. The molecule has 0 fully saturated rings. The number of hydrazine groups is 1. The van der Waals surface area contributed by atoms with Crippen LogP contribution in [0.1, 0.15) is 0 Å². The molecule has 0 aromatic carbocycles. The average molecular weight is 183 g/mol. The largest absolute Gasteiger partial charge is 0.673 e. The maximum Gasteiger partial charge on any atom is 0.673 e. The van der Waals surface area contributed by atoms with Gasteiger partial charge in [0.1, 0.15) is 0 Å². The van der Waals surface area contributed by atoms with Gasteiger partial charge in [-0.3, -0.25) is 0 Å². The average Bonchev–Trinajstić information content (AvgIpc) is 1.85. The number of nitrogens with two attached hydrogens (primary N) is 1. The number of hydrogen-bond donors (Lipinski definition) is 1. The van der Waals surface area contributed by atoms with Crippen molar-refractivity contribution in [2.45, 2.75) is 0 Å². The van der Waals surface area contributed by atoms with E-state index in [2.05, 4.69) is 0 Å². The lowest BCUT2D eigenvalue weighted by Crippen LogP contribution is -2.25. The lowest BCUT2D eigenvalue weighted by molar-refractivity contribution is 0.368. The number of nitrogens with zero attached hydrogens (tertiary/aromatic N) is 1. The van der Waals surface area contributed by atoms with Crippen LogP contribution in [0.25, 0.3) is 0 Å². The molecule has 0 radical (unpaired) electrons. The molecule has 2 N–H and O–H groups in total. The van der Waals surface area contributed by atoms with Gasteiger partial charge in [-0.2, -0.15) is 0 Å². The summed E-state index contributed by atoms with van der Waals surface area (Å²) in [6, 6.07) is 0. The van der Waals surface area contributed by atoms with Crippen molar-refractivity contribution in [3.63, 3.8) is 0 Å². The van der Waals surface area contributed by atoms with E-state index in [0.29, 0.717) is 0 Å².